The number of nitrogens with zero attached hydrogens (tertiary/aromatic N) is 1. The van der Waals surface area contributed by atoms with Crippen LogP contribution in [0.1, 0.15) is 26.0 Å². The van der Waals surface area contributed by atoms with Gasteiger partial charge in [-0.05, 0) is 32.4 Å². The molecule has 0 aromatic carbocycles. The molecule has 1 aromatic heterocycles. The first-order chi connectivity index (χ1) is 8.73. The molecule has 0 radical (unpaired) electrons. The first-order valence-electron chi connectivity index (χ1n) is 6.16. The van der Waals surface area contributed by atoms with Gasteiger partial charge in [-0.2, -0.15) is 0 Å². The van der Waals surface area contributed by atoms with E-state index in [1.165, 1.54) is 20.2 Å². The lowest BCUT2D eigenvalue weighted by molar-refractivity contribution is 0.169. The van der Waals surface area contributed by atoms with Gasteiger partial charge < -0.3 is 14.8 Å². The van der Waals surface area contributed by atoms with Crippen LogP contribution in [0.15, 0.2) is 21.6 Å². The molecule has 2 atom stereocenters. The van der Waals surface area contributed by atoms with Crippen LogP contribution in [-0.4, -0.2) is 44.1 Å². The van der Waals surface area contributed by atoms with Crippen LogP contribution in [0.2, 0.25) is 0 Å². The molecule has 7 heteroatoms. The molecule has 19 heavy (non-hydrogen) atoms. The third-order valence-electron chi connectivity index (χ3n) is 2.69. The SMILES string of the molecule is CC(O)CC(C)NCc1ccc(S(=O)(=O)N(C)C)o1. The number of rotatable bonds is 7. The predicted molar refractivity (Wildman–Crippen MR) is 72.2 cm³/mol. The topological polar surface area (TPSA) is 82.8 Å². The fourth-order valence-electron chi connectivity index (χ4n) is 1.64. The Morgan fingerprint density at radius 2 is 2.00 bits per heavy atom. The van der Waals surface area contributed by atoms with E-state index >= 15 is 0 Å². The van der Waals surface area contributed by atoms with E-state index < -0.39 is 10.0 Å². The third-order valence-corrected chi connectivity index (χ3v) is 4.38. The summed E-state index contributed by atoms with van der Waals surface area (Å²) in [7, 11) is -0.597. The van der Waals surface area contributed by atoms with Crippen LogP contribution < -0.4 is 5.32 Å². The van der Waals surface area contributed by atoms with Gasteiger partial charge in [-0.3, -0.25) is 0 Å². The van der Waals surface area contributed by atoms with Gasteiger partial charge in [0.05, 0.1) is 12.6 Å². The Kier molecular flexibility index (Phi) is 5.54. The van der Waals surface area contributed by atoms with Gasteiger partial charge in [0.15, 0.2) is 0 Å². The fourth-order valence-corrected chi connectivity index (χ4v) is 2.45. The molecule has 0 aliphatic rings. The number of hydrogen-bond acceptors (Lipinski definition) is 5. The van der Waals surface area contributed by atoms with Crippen molar-refractivity contribution in [2.24, 2.45) is 0 Å². The minimum atomic E-state index is -3.51. The molecule has 6 nitrogen and oxygen atoms in total. The van der Waals surface area contributed by atoms with Crippen molar-refractivity contribution in [3.8, 4) is 0 Å². The molecule has 110 valence electrons. The Morgan fingerprint density at radius 1 is 1.37 bits per heavy atom. The molecule has 1 aromatic rings. The van der Waals surface area contributed by atoms with Crippen molar-refractivity contribution in [3.05, 3.63) is 17.9 Å². The van der Waals surface area contributed by atoms with Gasteiger partial charge in [0.2, 0.25) is 5.09 Å². The van der Waals surface area contributed by atoms with E-state index in [2.05, 4.69) is 5.32 Å². The second kappa shape index (κ2) is 6.51. The smallest absolute Gasteiger partial charge is 0.275 e. The minimum absolute atomic E-state index is 0.0579. The Balaban J connectivity index is 2.62. The van der Waals surface area contributed by atoms with Gasteiger partial charge in [-0.15, -0.1) is 0 Å². The highest BCUT2D eigenvalue weighted by Crippen LogP contribution is 2.16. The van der Waals surface area contributed by atoms with E-state index in [0.29, 0.717) is 18.7 Å². The Hall–Kier alpha value is -0.890. The first kappa shape index (κ1) is 16.2. The monoisotopic (exact) mass is 290 g/mol. The maximum Gasteiger partial charge on any atom is 0.275 e. The number of hydrogen-bond donors (Lipinski definition) is 2. The second-order valence-electron chi connectivity index (χ2n) is 4.87. The van der Waals surface area contributed by atoms with E-state index in [-0.39, 0.29) is 17.2 Å². The van der Waals surface area contributed by atoms with Crippen molar-refractivity contribution in [2.45, 2.75) is 44.1 Å². The zero-order valence-corrected chi connectivity index (χ0v) is 12.6. The number of furan rings is 1. The summed E-state index contributed by atoms with van der Waals surface area (Å²) in [5, 5.41) is 12.3. The summed E-state index contributed by atoms with van der Waals surface area (Å²) in [5.41, 5.74) is 0. The molecule has 2 N–H and O–H groups in total. The Labute approximate surface area is 114 Å². The van der Waals surface area contributed by atoms with Crippen LogP contribution >= 0.6 is 0 Å². The molecular formula is C12H22N2O4S. The molecule has 0 aliphatic heterocycles. The van der Waals surface area contributed by atoms with Gasteiger partial charge in [-0.25, -0.2) is 12.7 Å². The second-order valence-corrected chi connectivity index (χ2v) is 6.96. The summed E-state index contributed by atoms with van der Waals surface area (Å²) in [6.07, 6.45) is 0.257. The van der Waals surface area contributed by atoms with Gasteiger partial charge in [0.1, 0.15) is 5.76 Å². The van der Waals surface area contributed by atoms with Crippen molar-refractivity contribution in [2.75, 3.05) is 14.1 Å². The highest BCUT2D eigenvalue weighted by Gasteiger charge is 2.21. The van der Waals surface area contributed by atoms with E-state index in [9.17, 15) is 13.5 Å². The van der Waals surface area contributed by atoms with Crippen LogP contribution in [0.5, 0.6) is 0 Å². The Bertz CT molecular complexity index is 494. The molecule has 0 fully saturated rings. The summed E-state index contributed by atoms with van der Waals surface area (Å²) in [5.74, 6) is 0.554. The molecule has 0 amide bonds. The van der Waals surface area contributed by atoms with Gasteiger partial charge in [0, 0.05) is 20.1 Å². The molecule has 0 saturated carbocycles. The van der Waals surface area contributed by atoms with Crippen molar-refractivity contribution < 1.29 is 17.9 Å². The highest BCUT2D eigenvalue weighted by atomic mass is 32.2. The quantitative estimate of drug-likeness (QED) is 0.775. The van der Waals surface area contributed by atoms with Crippen molar-refractivity contribution in [3.63, 3.8) is 0 Å². The standard InChI is InChI=1S/C12H22N2O4S/c1-9(7-10(2)15)13-8-11-5-6-12(18-11)19(16,17)14(3)4/h5-6,9-10,13,15H,7-8H2,1-4H3. The summed E-state index contributed by atoms with van der Waals surface area (Å²) in [6, 6.07) is 3.21. The van der Waals surface area contributed by atoms with Crippen LogP contribution in [0.3, 0.4) is 0 Å². The summed E-state index contributed by atoms with van der Waals surface area (Å²) in [6.45, 7) is 4.11. The van der Waals surface area contributed by atoms with Crippen molar-refractivity contribution in [1.29, 1.82) is 0 Å². The average Bonchev–Trinajstić information content (AvgIpc) is 2.74. The predicted octanol–water partition coefficient (Wildman–Crippen LogP) is 0.779. The van der Waals surface area contributed by atoms with Gasteiger partial charge in [0.25, 0.3) is 10.0 Å². The normalized spacial score (nSPS) is 15.7. The minimum Gasteiger partial charge on any atom is -0.447 e. The largest absolute Gasteiger partial charge is 0.447 e. The molecule has 0 bridgehead atoms. The summed E-state index contributed by atoms with van der Waals surface area (Å²) < 4.78 is 30.0. The number of sulfonamides is 1. The van der Waals surface area contributed by atoms with Crippen molar-refractivity contribution >= 4 is 10.0 Å². The van der Waals surface area contributed by atoms with Crippen LogP contribution in [-0.2, 0) is 16.6 Å². The highest BCUT2D eigenvalue weighted by molar-refractivity contribution is 7.88. The lowest BCUT2D eigenvalue weighted by Gasteiger charge is -2.14. The van der Waals surface area contributed by atoms with Crippen LogP contribution in [0.4, 0.5) is 0 Å². The van der Waals surface area contributed by atoms with E-state index in [1.54, 1.807) is 13.0 Å². The van der Waals surface area contributed by atoms with E-state index in [1.807, 2.05) is 6.92 Å². The molecule has 0 aliphatic carbocycles. The molecule has 2 unspecified atom stereocenters. The third kappa shape index (κ3) is 4.61. The summed E-state index contributed by atoms with van der Waals surface area (Å²) in [4.78, 5) is 0. The molecule has 0 spiro atoms. The molecule has 1 rings (SSSR count). The molecule has 1 heterocycles. The average molecular weight is 290 g/mol. The van der Waals surface area contributed by atoms with Gasteiger partial charge in [-0.1, -0.05) is 0 Å². The fraction of sp³-hybridized carbons (Fsp3) is 0.667. The lowest BCUT2D eigenvalue weighted by Crippen LogP contribution is -2.28. The molecular weight excluding hydrogens is 268 g/mol. The van der Waals surface area contributed by atoms with E-state index in [4.69, 9.17) is 4.42 Å². The van der Waals surface area contributed by atoms with Crippen LogP contribution in [0, 0.1) is 0 Å². The summed E-state index contributed by atoms with van der Waals surface area (Å²) >= 11 is 0. The van der Waals surface area contributed by atoms with Crippen molar-refractivity contribution in [1.82, 2.24) is 9.62 Å². The number of aliphatic hydroxyl groups excluding tert-OH is 1. The Morgan fingerprint density at radius 3 is 2.53 bits per heavy atom. The van der Waals surface area contributed by atoms with Gasteiger partial charge >= 0.3 is 0 Å². The number of nitrogens with one attached hydrogen (secondary N) is 1. The number of aliphatic hydroxyl groups is 1. The maximum atomic E-state index is 11.8. The van der Waals surface area contributed by atoms with E-state index in [0.717, 1.165) is 4.31 Å². The maximum absolute atomic E-state index is 11.8. The molecule has 0 saturated heterocycles. The lowest BCUT2D eigenvalue weighted by atomic mass is 10.1. The zero-order chi connectivity index (χ0) is 14.6. The first-order valence-corrected chi connectivity index (χ1v) is 7.60. The zero-order valence-electron chi connectivity index (χ0n) is 11.8. The van der Waals surface area contributed by atoms with Crippen LogP contribution in [0.25, 0.3) is 0 Å².